The van der Waals surface area contributed by atoms with Crippen LogP contribution in [0, 0.1) is 0 Å². The maximum absolute atomic E-state index is 10.7. The zero-order valence-corrected chi connectivity index (χ0v) is 10.7. The van der Waals surface area contributed by atoms with Crippen molar-refractivity contribution >= 4 is 17.5 Å². The number of anilines is 2. The van der Waals surface area contributed by atoms with Gasteiger partial charge in [-0.15, -0.1) is 0 Å². The van der Waals surface area contributed by atoms with E-state index in [-0.39, 0.29) is 12.0 Å². The van der Waals surface area contributed by atoms with Gasteiger partial charge in [-0.1, -0.05) is 20.8 Å². The van der Waals surface area contributed by atoms with Crippen molar-refractivity contribution in [1.29, 1.82) is 0 Å². The molecule has 0 aliphatic heterocycles. The number of hydrogen-bond donors (Lipinski definition) is 3. The minimum Gasteiger partial charge on any atom is -0.373 e. The third-order valence-corrected chi connectivity index (χ3v) is 2.10. The second-order valence-electron chi connectivity index (χ2n) is 4.78. The molecule has 0 aliphatic carbocycles. The Labute approximate surface area is 101 Å². The first-order chi connectivity index (χ1) is 7.82. The summed E-state index contributed by atoms with van der Waals surface area (Å²) in [6.45, 7) is 6.14. The van der Waals surface area contributed by atoms with E-state index < -0.39 is 5.91 Å². The summed E-state index contributed by atoms with van der Waals surface area (Å²) < 4.78 is 0. The highest BCUT2D eigenvalue weighted by atomic mass is 16.1. The molecule has 1 aromatic rings. The van der Waals surface area contributed by atoms with E-state index in [1.54, 1.807) is 13.1 Å². The molecule has 6 nitrogen and oxygen atoms in total. The van der Waals surface area contributed by atoms with Gasteiger partial charge in [0.15, 0.2) is 0 Å². The van der Waals surface area contributed by atoms with Gasteiger partial charge in [0, 0.05) is 18.5 Å². The maximum Gasteiger partial charge on any atom is 0.236 e. The van der Waals surface area contributed by atoms with Crippen LogP contribution in [0.2, 0.25) is 0 Å². The van der Waals surface area contributed by atoms with E-state index in [1.165, 1.54) is 0 Å². The van der Waals surface area contributed by atoms with Crippen LogP contribution < -0.4 is 16.4 Å². The first-order valence-corrected chi connectivity index (χ1v) is 5.42. The molecule has 0 radical (unpaired) electrons. The van der Waals surface area contributed by atoms with Gasteiger partial charge in [-0.3, -0.25) is 4.79 Å². The molecule has 1 rings (SSSR count). The number of nitrogens with zero attached hydrogens (tertiary/aromatic N) is 2. The van der Waals surface area contributed by atoms with Crippen molar-refractivity contribution in [2.24, 2.45) is 5.73 Å². The number of carbonyl (C=O) groups excluding carboxylic acids is 1. The number of rotatable bonds is 4. The molecule has 17 heavy (non-hydrogen) atoms. The predicted molar refractivity (Wildman–Crippen MR) is 68.0 cm³/mol. The van der Waals surface area contributed by atoms with Crippen molar-refractivity contribution in [2.75, 3.05) is 24.2 Å². The highest BCUT2D eigenvalue weighted by Gasteiger charge is 2.18. The molecule has 0 aromatic carbocycles. The van der Waals surface area contributed by atoms with Crippen LogP contribution in [0.3, 0.4) is 0 Å². The zero-order chi connectivity index (χ0) is 13.1. The molecule has 0 aliphatic rings. The van der Waals surface area contributed by atoms with Crippen LogP contribution in [-0.4, -0.2) is 29.5 Å². The molecular formula is C11H19N5O. The topological polar surface area (TPSA) is 92.9 Å². The average molecular weight is 237 g/mol. The van der Waals surface area contributed by atoms with Crippen LogP contribution in [0.4, 0.5) is 11.6 Å². The number of nitrogens with two attached hydrogens (primary N) is 1. The molecule has 0 saturated heterocycles. The van der Waals surface area contributed by atoms with Gasteiger partial charge in [-0.2, -0.15) is 0 Å². The molecule has 0 fully saturated rings. The van der Waals surface area contributed by atoms with Gasteiger partial charge in [0.2, 0.25) is 5.91 Å². The van der Waals surface area contributed by atoms with Crippen molar-refractivity contribution in [3.8, 4) is 0 Å². The summed E-state index contributed by atoms with van der Waals surface area (Å²) in [5.74, 6) is 1.58. The van der Waals surface area contributed by atoms with Crippen LogP contribution >= 0.6 is 0 Å². The number of nitrogens with one attached hydrogen (secondary N) is 2. The summed E-state index contributed by atoms with van der Waals surface area (Å²) in [5.41, 5.74) is 4.92. The lowest BCUT2D eigenvalue weighted by Crippen LogP contribution is -2.23. The first kappa shape index (κ1) is 13.2. The summed E-state index contributed by atoms with van der Waals surface area (Å²) in [5, 5.41) is 5.83. The Kier molecular flexibility index (Phi) is 3.88. The third-order valence-electron chi connectivity index (χ3n) is 2.10. The number of hydrogen-bond acceptors (Lipinski definition) is 5. The van der Waals surface area contributed by atoms with Crippen molar-refractivity contribution in [3.63, 3.8) is 0 Å². The highest BCUT2D eigenvalue weighted by molar-refractivity contribution is 5.78. The molecular weight excluding hydrogens is 218 g/mol. The second kappa shape index (κ2) is 4.99. The van der Waals surface area contributed by atoms with Gasteiger partial charge in [-0.05, 0) is 0 Å². The first-order valence-electron chi connectivity index (χ1n) is 5.42. The van der Waals surface area contributed by atoms with E-state index in [0.717, 1.165) is 0 Å². The molecule has 1 amide bonds. The molecule has 94 valence electrons. The summed E-state index contributed by atoms with van der Waals surface area (Å²) >= 11 is 0. The highest BCUT2D eigenvalue weighted by Crippen LogP contribution is 2.21. The SMILES string of the molecule is CNc1cc(NCC(N)=O)nc(C(C)(C)C)n1. The summed E-state index contributed by atoms with van der Waals surface area (Å²) in [4.78, 5) is 19.4. The summed E-state index contributed by atoms with van der Waals surface area (Å²) in [7, 11) is 1.78. The fourth-order valence-electron chi connectivity index (χ4n) is 1.18. The van der Waals surface area contributed by atoms with Crippen LogP contribution in [0.1, 0.15) is 26.6 Å². The van der Waals surface area contributed by atoms with E-state index in [1.807, 2.05) is 20.8 Å². The molecule has 0 bridgehead atoms. The lowest BCUT2D eigenvalue weighted by molar-refractivity contribution is -0.116. The molecule has 0 atom stereocenters. The lowest BCUT2D eigenvalue weighted by atomic mass is 9.96. The number of carbonyl (C=O) groups is 1. The van der Waals surface area contributed by atoms with Gasteiger partial charge in [0.1, 0.15) is 17.5 Å². The lowest BCUT2D eigenvalue weighted by Gasteiger charge is -2.18. The quantitative estimate of drug-likeness (QED) is 0.717. The van der Waals surface area contributed by atoms with E-state index >= 15 is 0 Å². The minimum absolute atomic E-state index is 0.0593. The van der Waals surface area contributed by atoms with Crippen LogP contribution in [0.15, 0.2) is 6.07 Å². The maximum atomic E-state index is 10.7. The fraction of sp³-hybridized carbons (Fsp3) is 0.545. The third kappa shape index (κ3) is 3.90. The van der Waals surface area contributed by atoms with Crippen LogP contribution in [0.5, 0.6) is 0 Å². The van der Waals surface area contributed by atoms with Crippen LogP contribution in [0.25, 0.3) is 0 Å². The smallest absolute Gasteiger partial charge is 0.236 e. The Balaban J connectivity index is 3.01. The normalized spacial score (nSPS) is 11.1. The van der Waals surface area contributed by atoms with E-state index in [9.17, 15) is 4.79 Å². The standard InChI is InChI=1S/C11H19N5O/c1-11(2,3)10-15-8(13-4)5-9(16-10)14-6-7(12)17/h5H,6H2,1-4H3,(H2,12,17)(H2,13,14,15,16). The Hall–Kier alpha value is -1.85. The molecule has 0 spiro atoms. The second-order valence-corrected chi connectivity index (χ2v) is 4.78. The number of primary amides is 1. The molecule has 0 unspecified atom stereocenters. The Morgan fingerprint density at radius 3 is 2.41 bits per heavy atom. The predicted octanol–water partition coefficient (Wildman–Crippen LogP) is 0.713. The fourth-order valence-corrected chi connectivity index (χ4v) is 1.18. The van der Waals surface area contributed by atoms with Crippen molar-refractivity contribution in [2.45, 2.75) is 26.2 Å². The Morgan fingerprint density at radius 1 is 1.35 bits per heavy atom. The summed E-state index contributed by atoms with van der Waals surface area (Å²) in [6, 6.07) is 1.73. The molecule has 4 N–H and O–H groups in total. The summed E-state index contributed by atoms with van der Waals surface area (Å²) in [6.07, 6.45) is 0. The monoisotopic (exact) mass is 237 g/mol. The average Bonchev–Trinajstić information content (AvgIpc) is 2.24. The van der Waals surface area contributed by atoms with Crippen LogP contribution in [-0.2, 0) is 10.2 Å². The molecule has 1 aromatic heterocycles. The Morgan fingerprint density at radius 2 is 1.94 bits per heavy atom. The van der Waals surface area contributed by atoms with Gasteiger partial charge in [0.05, 0.1) is 6.54 Å². The molecule has 0 saturated carbocycles. The van der Waals surface area contributed by atoms with Gasteiger partial charge in [0.25, 0.3) is 0 Å². The van der Waals surface area contributed by atoms with Gasteiger partial charge >= 0.3 is 0 Å². The minimum atomic E-state index is -0.424. The van der Waals surface area contributed by atoms with Gasteiger partial charge < -0.3 is 16.4 Å². The number of aromatic nitrogens is 2. The van der Waals surface area contributed by atoms with Crippen molar-refractivity contribution in [3.05, 3.63) is 11.9 Å². The number of amides is 1. The van der Waals surface area contributed by atoms with Crippen molar-refractivity contribution in [1.82, 2.24) is 9.97 Å². The van der Waals surface area contributed by atoms with E-state index in [0.29, 0.717) is 17.5 Å². The van der Waals surface area contributed by atoms with Crippen molar-refractivity contribution < 1.29 is 4.79 Å². The van der Waals surface area contributed by atoms with Gasteiger partial charge in [-0.25, -0.2) is 9.97 Å². The largest absolute Gasteiger partial charge is 0.373 e. The molecule has 6 heteroatoms. The van der Waals surface area contributed by atoms with E-state index in [4.69, 9.17) is 5.73 Å². The molecule has 1 heterocycles. The van der Waals surface area contributed by atoms with E-state index in [2.05, 4.69) is 20.6 Å². The zero-order valence-electron chi connectivity index (χ0n) is 10.7. The Bertz CT molecular complexity index is 411.